The summed E-state index contributed by atoms with van der Waals surface area (Å²) in [6.07, 6.45) is 19.8. The van der Waals surface area contributed by atoms with Crippen LogP contribution in [0, 0.1) is 0 Å². The molecule has 0 amide bonds. The second kappa shape index (κ2) is 17.3. The molecule has 0 bridgehead atoms. The number of esters is 1. The molecule has 0 saturated carbocycles. The standard InChI is InChI=1S/C21H38O2/c1-4-6-8-10-11-12-13-14-15-17-19-23-21(22)20(3)18-16-9-7-5-2/h9,16H,3-8,10-15,17-19H2,1-2H3. The molecule has 0 rings (SSSR count). The maximum Gasteiger partial charge on any atom is 0.333 e. The van der Waals surface area contributed by atoms with E-state index in [4.69, 9.17) is 4.74 Å². The molecule has 0 N–H and O–H groups in total. The lowest BCUT2D eigenvalue weighted by molar-refractivity contribution is -0.139. The summed E-state index contributed by atoms with van der Waals surface area (Å²) in [5.41, 5.74) is 0.560. The fourth-order valence-electron chi connectivity index (χ4n) is 2.45. The summed E-state index contributed by atoms with van der Waals surface area (Å²) in [6, 6.07) is 0. The topological polar surface area (TPSA) is 26.3 Å². The number of allylic oxidation sites excluding steroid dienone is 2. The van der Waals surface area contributed by atoms with Gasteiger partial charge >= 0.3 is 5.97 Å². The van der Waals surface area contributed by atoms with E-state index >= 15 is 0 Å². The molecule has 134 valence electrons. The van der Waals surface area contributed by atoms with Gasteiger partial charge in [-0.25, -0.2) is 4.79 Å². The van der Waals surface area contributed by atoms with E-state index in [1.807, 2.05) is 6.08 Å². The first-order chi connectivity index (χ1) is 11.2. The molecule has 0 spiro atoms. The van der Waals surface area contributed by atoms with Crippen LogP contribution in [0.3, 0.4) is 0 Å². The van der Waals surface area contributed by atoms with Crippen LogP contribution in [-0.2, 0) is 9.53 Å². The van der Waals surface area contributed by atoms with Gasteiger partial charge in [0, 0.05) is 5.57 Å². The van der Waals surface area contributed by atoms with Crippen molar-refractivity contribution < 1.29 is 9.53 Å². The quantitative estimate of drug-likeness (QED) is 0.136. The van der Waals surface area contributed by atoms with Gasteiger partial charge in [-0.05, 0) is 19.3 Å². The Morgan fingerprint density at radius 1 is 0.826 bits per heavy atom. The molecule has 23 heavy (non-hydrogen) atoms. The Balaban J connectivity index is 3.36. The van der Waals surface area contributed by atoms with Crippen molar-refractivity contribution in [1.29, 1.82) is 0 Å². The van der Waals surface area contributed by atoms with Crippen molar-refractivity contribution in [3.8, 4) is 0 Å². The third-order valence-electron chi connectivity index (χ3n) is 4.01. The zero-order valence-corrected chi connectivity index (χ0v) is 15.6. The van der Waals surface area contributed by atoms with Crippen molar-refractivity contribution in [2.24, 2.45) is 0 Å². The van der Waals surface area contributed by atoms with E-state index in [0.717, 1.165) is 25.7 Å². The van der Waals surface area contributed by atoms with Gasteiger partial charge in [0.15, 0.2) is 0 Å². The third-order valence-corrected chi connectivity index (χ3v) is 4.01. The van der Waals surface area contributed by atoms with Gasteiger partial charge in [-0.3, -0.25) is 0 Å². The van der Waals surface area contributed by atoms with Crippen molar-refractivity contribution in [1.82, 2.24) is 0 Å². The summed E-state index contributed by atoms with van der Waals surface area (Å²) in [5, 5.41) is 0. The minimum absolute atomic E-state index is 0.234. The Morgan fingerprint density at radius 3 is 1.96 bits per heavy atom. The van der Waals surface area contributed by atoms with E-state index in [1.165, 1.54) is 51.4 Å². The average molecular weight is 323 g/mol. The second-order valence-corrected chi connectivity index (χ2v) is 6.39. The molecule has 0 atom stereocenters. The zero-order chi connectivity index (χ0) is 17.2. The van der Waals surface area contributed by atoms with Crippen molar-refractivity contribution in [3.63, 3.8) is 0 Å². The van der Waals surface area contributed by atoms with Crippen LogP contribution >= 0.6 is 0 Å². The Morgan fingerprint density at radius 2 is 1.39 bits per heavy atom. The molecule has 0 aromatic rings. The Kier molecular flexibility index (Phi) is 16.5. The summed E-state index contributed by atoms with van der Waals surface area (Å²) in [4.78, 5) is 11.7. The van der Waals surface area contributed by atoms with Crippen molar-refractivity contribution in [2.75, 3.05) is 6.61 Å². The molecule has 0 aliphatic carbocycles. The van der Waals surface area contributed by atoms with Gasteiger partial charge in [0.25, 0.3) is 0 Å². The molecule has 0 radical (unpaired) electrons. The Bertz CT molecular complexity index is 318. The lowest BCUT2D eigenvalue weighted by Gasteiger charge is -2.06. The smallest absolute Gasteiger partial charge is 0.333 e. The molecule has 0 unspecified atom stereocenters. The SMILES string of the molecule is C=C(CC=CCCC)C(=O)OCCCCCCCCCCCC. The fraction of sp³-hybridized carbons (Fsp3) is 0.762. The van der Waals surface area contributed by atoms with E-state index in [-0.39, 0.29) is 5.97 Å². The largest absolute Gasteiger partial charge is 0.462 e. The molecular formula is C21H38O2. The Hall–Kier alpha value is -1.05. The Labute approximate surface area is 144 Å². The third kappa shape index (κ3) is 15.6. The van der Waals surface area contributed by atoms with Gasteiger partial charge in [0.2, 0.25) is 0 Å². The first kappa shape index (κ1) is 21.9. The molecule has 0 aromatic carbocycles. The van der Waals surface area contributed by atoms with Gasteiger partial charge in [-0.2, -0.15) is 0 Å². The average Bonchev–Trinajstić information content (AvgIpc) is 2.56. The number of unbranched alkanes of at least 4 members (excludes halogenated alkanes) is 10. The van der Waals surface area contributed by atoms with Crippen LogP contribution in [0.1, 0.15) is 97.3 Å². The normalized spacial score (nSPS) is 11.0. The summed E-state index contributed by atoms with van der Waals surface area (Å²) in [6.45, 7) is 8.73. The zero-order valence-electron chi connectivity index (χ0n) is 15.6. The number of carbonyl (C=O) groups excluding carboxylic acids is 1. The summed E-state index contributed by atoms with van der Waals surface area (Å²) in [7, 11) is 0. The highest BCUT2D eigenvalue weighted by molar-refractivity contribution is 5.87. The van der Waals surface area contributed by atoms with E-state index in [1.54, 1.807) is 0 Å². The fourth-order valence-corrected chi connectivity index (χ4v) is 2.45. The summed E-state index contributed by atoms with van der Waals surface area (Å²) in [5.74, 6) is -0.234. The van der Waals surface area contributed by atoms with Gasteiger partial charge in [0.1, 0.15) is 0 Å². The predicted molar refractivity (Wildman–Crippen MR) is 101 cm³/mol. The van der Waals surface area contributed by atoms with Crippen LogP contribution in [-0.4, -0.2) is 12.6 Å². The molecule has 0 heterocycles. The monoisotopic (exact) mass is 322 g/mol. The minimum atomic E-state index is -0.234. The van der Waals surface area contributed by atoms with E-state index < -0.39 is 0 Å². The van der Waals surface area contributed by atoms with Gasteiger partial charge in [0.05, 0.1) is 6.61 Å². The second-order valence-electron chi connectivity index (χ2n) is 6.39. The molecule has 0 aliphatic rings. The van der Waals surface area contributed by atoms with Crippen molar-refractivity contribution in [2.45, 2.75) is 97.3 Å². The molecule has 0 fully saturated rings. The lowest BCUT2D eigenvalue weighted by Crippen LogP contribution is -2.07. The van der Waals surface area contributed by atoms with E-state index in [2.05, 4.69) is 26.5 Å². The highest BCUT2D eigenvalue weighted by Crippen LogP contribution is 2.11. The number of ether oxygens (including phenoxy) is 1. The number of rotatable bonds is 16. The molecule has 0 aromatic heterocycles. The number of hydrogen-bond donors (Lipinski definition) is 0. The highest BCUT2D eigenvalue weighted by Gasteiger charge is 2.06. The number of carbonyl (C=O) groups is 1. The summed E-state index contributed by atoms with van der Waals surface area (Å²) >= 11 is 0. The maximum absolute atomic E-state index is 11.7. The molecule has 2 heteroatoms. The molecule has 0 aliphatic heterocycles. The van der Waals surface area contributed by atoms with Crippen LogP contribution in [0.15, 0.2) is 24.3 Å². The highest BCUT2D eigenvalue weighted by atomic mass is 16.5. The van der Waals surface area contributed by atoms with Crippen LogP contribution in [0.5, 0.6) is 0 Å². The van der Waals surface area contributed by atoms with Crippen LogP contribution in [0.25, 0.3) is 0 Å². The number of hydrogen-bond acceptors (Lipinski definition) is 2. The van der Waals surface area contributed by atoms with E-state index in [0.29, 0.717) is 18.6 Å². The lowest BCUT2D eigenvalue weighted by atomic mass is 10.1. The first-order valence-electron chi connectivity index (χ1n) is 9.72. The van der Waals surface area contributed by atoms with Crippen LogP contribution < -0.4 is 0 Å². The van der Waals surface area contributed by atoms with Gasteiger partial charge in [-0.1, -0.05) is 96.8 Å². The van der Waals surface area contributed by atoms with Crippen molar-refractivity contribution in [3.05, 3.63) is 24.3 Å². The predicted octanol–water partition coefficient (Wildman–Crippen LogP) is 6.75. The minimum Gasteiger partial charge on any atom is -0.462 e. The maximum atomic E-state index is 11.7. The molecule has 2 nitrogen and oxygen atoms in total. The first-order valence-corrected chi connectivity index (χ1v) is 9.72. The molecular weight excluding hydrogens is 284 g/mol. The van der Waals surface area contributed by atoms with Crippen LogP contribution in [0.2, 0.25) is 0 Å². The van der Waals surface area contributed by atoms with Gasteiger partial charge < -0.3 is 4.74 Å². The van der Waals surface area contributed by atoms with Crippen LogP contribution in [0.4, 0.5) is 0 Å². The van der Waals surface area contributed by atoms with Gasteiger partial charge in [-0.15, -0.1) is 0 Å². The summed E-state index contributed by atoms with van der Waals surface area (Å²) < 4.78 is 5.26. The van der Waals surface area contributed by atoms with E-state index in [9.17, 15) is 4.79 Å². The molecule has 0 saturated heterocycles. The van der Waals surface area contributed by atoms with Crippen molar-refractivity contribution >= 4 is 5.97 Å².